The van der Waals surface area contributed by atoms with Gasteiger partial charge in [0.2, 0.25) is 0 Å². The molecule has 0 radical (unpaired) electrons. The van der Waals surface area contributed by atoms with Crippen LogP contribution in [0.3, 0.4) is 0 Å². The van der Waals surface area contributed by atoms with Crippen LogP contribution < -0.4 is 5.32 Å². The van der Waals surface area contributed by atoms with E-state index < -0.39 is 0 Å². The summed E-state index contributed by atoms with van der Waals surface area (Å²) in [6.07, 6.45) is 5.96. The normalized spacial score (nSPS) is 10.8. The summed E-state index contributed by atoms with van der Waals surface area (Å²) in [5, 5.41) is 5.15. The Morgan fingerprint density at radius 1 is 1.19 bits per heavy atom. The molecule has 2 aromatic heterocycles. The van der Waals surface area contributed by atoms with Gasteiger partial charge in [-0.15, -0.1) is 0 Å². The fraction of sp³-hybridized carbons (Fsp3) is 0.188. The lowest BCUT2D eigenvalue weighted by Crippen LogP contribution is -2.07. The van der Waals surface area contributed by atoms with Crippen molar-refractivity contribution in [2.75, 3.05) is 11.9 Å². The quantitative estimate of drug-likeness (QED) is 0.799. The Balaban J connectivity index is 1.70. The Bertz CT molecular complexity index is 768. The first-order valence-electron chi connectivity index (χ1n) is 6.77. The number of nitrogens with one attached hydrogen (secondary N) is 1. The second kappa shape index (κ2) is 6.06. The molecule has 0 spiro atoms. The molecule has 1 aromatic carbocycles. The highest BCUT2D eigenvalue weighted by molar-refractivity contribution is 6.31. The zero-order chi connectivity index (χ0) is 14.7. The van der Waals surface area contributed by atoms with Gasteiger partial charge >= 0.3 is 0 Å². The van der Waals surface area contributed by atoms with E-state index in [9.17, 15) is 0 Å². The van der Waals surface area contributed by atoms with E-state index in [1.54, 1.807) is 18.7 Å². The van der Waals surface area contributed by atoms with Crippen molar-refractivity contribution >= 4 is 28.3 Å². The average molecular weight is 299 g/mol. The fourth-order valence-corrected chi connectivity index (χ4v) is 2.35. The van der Waals surface area contributed by atoms with Gasteiger partial charge in [0, 0.05) is 23.2 Å². The van der Waals surface area contributed by atoms with E-state index >= 15 is 0 Å². The summed E-state index contributed by atoms with van der Waals surface area (Å²) in [6.45, 7) is 2.82. The number of fused-ring (bicyclic) bond motifs is 1. The maximum absolute atomic E-state index is 6.04. The molecule has 0 fully saturated rings. The van der Waals surface area contributed by atoms with Gasteiger partial charge in [-0.1, -0.05) is 23.7 Å². The molecule has 3 aromatic rings. The van der Waals surface area contributed by atoms with Crippen LogP contribution in [0.2, 0.25) is 5.02 Å². The third kappa shape index (κ3) is 3.11. The molecule has 0 saturated carbocycles. The van der Waals surface area contributed by atoms with Gasteiger partial charge in [-0.2, -0.15) is 0 Å². The zero-order valence-electron chi connectivity index (χ0n) is 11.7. The average Bonchev–Trinajstić information content (AvgIpc) is 2.51. The standard InChI is InChI=1S/C16H15ClN4/c1-11-8-12(2-3-14(11)17)4-7-19-16-13-5-6-18-9-15(13)20-10-21-16/h2-3,5-6,8-10H,4,7H2,1H3,(H,19,20,21). The van der Waals surface area contributed by atoms with Crippen LogP contribution in [-0.2, 0) is 6.42 Å². The van der Waals surface area contributed by atoms with Crippen molar-refractivity contribution in [3.05, 3.63) is 59.1 Å². The number of anilines is 1. The largest absolute Gasteiger partial charge is 0.369 e. The molecule has 0 aliphatic rings. The van der Waals surface area contributed by atoms with Gasteiger partial charge in [-0.05, 0) is 36.6 Å². The van der Waals surface area contributed by atoms with Gasteiger partial charge in [-0.3, -0.25) is 4.98 Å². The SMILES string of the molecule is Cc1cc(CCNc2ncnc3cnccc23)ccc1Cl. The maximum atomic E-state index is 6.04. The minimum absolute atomic E-state index is 0.801. The maximum Gasteiger partial charge on any atom is 0.137 e. The number of rotatable bonds is 4. The Hall–Kier alpha value is -2.20. The minimum atomic E-state index is 0.801. The van der Waals surface area contributed by atoms with E-state index in [1.807, 2.05) is 19.1 Å². The molecule has 0 bridgehead atoms. The summed E-state index contributed by atoms with van der Waals surface area (Å²) in [6, 6.07) is 8.03. The lowest BCUT2D eigenvalue weighted by molar-refractivity contribution is 1.00. The molecule has 1 N–H and O–H groups in total. The summed E-state index contributed by atoms with van der Waals surface area (Å²) in [5.74, 6) is 0.841. The molecule has 3 rings (SSSR count). The van der Waals surface area contributed by atoms with Crippen molar-refractivity contribution in [2.24, 2.45) is 0 Å². The van der Waals surface area contributed by atoms with Crippen molar-refractivity contribution < 1.29 is 0 Å². The molecule has 0 unspecified atom stereocenters. The third-order valence-corrected chi connectivity index (χ3v) is 3.79. The predicted molar refractivity (Wildman–Crippen MR) is 85.7 cm³/mol. The van der Waals surface area contributed by atoms with E-state index in [0.29, 0.717) is 0 Å². The van der Waals surface area contributed by atoms with Crippen LogP contribution >= 0.6 is 11.6 Å². The Morgan fingerprint density at radius 3 is 2.95 bits per heavy atom. The van der Waals surface area contributed by atoms with Gasteiger partial charge in [0.25, 0.3) is 0 Å². The molecular weight excluding hydrogens is 284 g/mol. The number of benzene rings is 1. The van der Waals surface area contributed by atoms with Crippen LogP contribution in [0.5, 0.6) is 0 Å². The van der Waals surface area contributed by atoms with Crippen molar-refractivity contribution in [2.45, 2.75) is 13.3 Å². The lowest BCUT2D eigenvalue weighted by atomic mass is 10.1. The van der Waals surface area contributed by atoms with Crippen LogP contribution in [-0.4, -0.2) is 21.5 Å². The lowest BCUT2D eigenvalue weighted by Gasteiger charge is -2.08. The van der Waals surface area contributed by atoms with E-state index in [1.165, 1.54) is 5.56 Å². The molecule has 0 aliphatic heterocycles. The van der Waals surface area contributed by atoms with E-state index in [4.69, 9.17) is 11.6 Å². The molecule has 21 heavy (non-hydrogen) atoms. The molecule has 0 atom stereocenters. The monoisotopic (exact) mass is 298 g/mol. The molecule has 2 heterocycles. The predicted octanol–water partition coefficient (Wildman–Crippen LogP) is 3.64. The van der Waals surface area contributed by atoms with E-state index in [0.717, 1.165) is 40.3 Å². The number of aryl methyl sites for hydroxylation is 1. The number of nitrogens with zero attached hydrogens (tertiary/aromatic N) is 3. The summed E-state index contributed by atoms with van der Waals surface area (Å²) in [5.41, 5.74) is 3.20. The van der Waals surface area contributed by atoms with Gasteiger partial charge in [-0.25, -0.2) is 9.97 Å². The highest BCUT2D eigenvalue weighted by atomic mass is 35.5. The highest BCUT2D eigenvalue weighted by Gasteiger charge is 2.03. The number of hydrogen-bond donors (Lipinski definition) is 1. The molecular formula is C16H15ClN4. The van der Waals surface area contributed by atoms with Crippen molar-refractivity contribution in [3.63, 3.8) is 0 Å². The molecule has 4 nitrogen and oxygen atoms in total. The summed E-state index contributed by atoms with van der Waals surface area (Å²) in [7, 11) is 0. The number of aromatic nitrogens is 3. The van der Waals surface area contributed by atoms with Gasteiger partial charge in [0.1, 0.15) is 12.1 Å². The van der Waals surface area contributed by atoms with Crippen molar-refractivity contribution in [1.29, 1.82) is 0 Å². The van der Waals surface area contributed by atoms with Crippen LogP contribution in [0.4, 0.5) is 5.82 Å². The first-order valence-corrected chi connectivity index (χ1v) is 7.15. The smallest absolute Gasteiger partial charge is 0.137 e. The second-order valence-electron chi connectivity index (χ2n) is 4.88. The van der Waals surface area contributed by atoms with Gasteiger partial charge in [0.05, 0.1) is 11.7 Å². The Labute approximate surface area is 128 Å². The Morgan fingerprint density at radius 2 is 2.10 bits per heavy atom. The summed E-state index contributed by atoms with van der Waals surface area (Å²) >= 11 is 6.04. The van der Waals surface area contributed by atoms with Crippen molar-refractivity contribution in [3.8, 4) is 0 Å². The zero-order valence-corrected chi connectivity index (χ0v) is 12.4. The first kappa shape index (κ1) is 13.8. The van der Waals surface area contributed by atoms with Gasteiger partial charge < -0.3 is 5.32 Å². The third-order valence-electron chi connectivity index (χ3n) is 3.37. The molecule has 0 aliphatic carbocycles. The van der Waals surface area contributed by atoms with E-state index in [-0.39, 0.29) is 0 Å². The molecule has 106 valence electrons. The Kier molecular flexibility index (Phi) is 3.97. The van der Waals surface area contributed by atoms with E-state index in [2.05, 4.69) is 32.4 Å². The second-order valence-corrected chi connectivity index (χ2v) is 5.28. The molecule has 0 amide bonds. The number of halogens is 1. The highest BCUT2D eigenvalue weighted by Crippen LogP contribution is 2.18. The molecule has 0 saturated heterocycles. The number of hydrogen-bond acceptors (Lipinski definition) is 4. The fourth-order valence-electron chi connectivity index (χ4n) is 2.24. The van der Waals surface area contributed by atoms with Crippen molar-refractivity contribution in [1.82, 2.24) is 15.0 Å². The first-order chi connectivity index (χ1) is 10.2. The topological polar surface area (TPSA) is 50.7 Å². The minimum Gasteiger partial charge on any atom is -0.369 e. The van der Waals surface area contributed by atoms with Crippen LogP contribution in [0, 0.1) is 6.92 Å². The van der Waals surface area contributed by atoms with Gasteiger partial charge in [0.15, 0.2) is 0 Å². The van der Waals surface area contributed by atoms with Crippen LogP contribution in [0.15, 0.2) is 43.0 Å². The van der Waals surface area contributed by atoms with Crippen LogP contribution in [0.25, 0.3) is 10.9 Å². The number of pyridine rings is 1. The summed E-state index contributed by atoms with van der Waals surface area (Å²) in [4.78, 5) is 12.6. The molecule has 5 heteroatoms. The summed E-state index contributed by atoms with van der Waals surface area (Å²) < 4.78 is 0. The van der Waals surface area contributed by atoms with Crippen LogP contribution in [0.1, 0.15) is 11.1 Å².